The molecule has 0 spiro atoms. The highest BCUT2D eigenvalue weighted by Gasteiger charge is 2.47. The van der Waals surface area contributed by atoms with Crippen molar-refractivity contribution in [2.24, 2.45) is 0 Å². The number of carbonyl (C=O) groups is 4. The van der Waals surface area contributed by atoms with Crippen LogP contribution in [0.4, 0.5) is 4.79 Å². The molecule has 4 heterocycles. The number of aliphatic hydroxyl groups is 2. The number of ether oxygens (including phenoxy) is 1. The highest BCUT2D eigenvalue weighted by molar-refractivity contribution is 8.00. The van der Waals surface area contributed by atoms with Gasteiger partial charge in [0.1, 0.15) is 24.4 Å². The van der Waals surface area contributed by atoms with E-state index in [4.69, 9.17) is 9.63 Å². The number of carbonyl (C=O) groups excluding carboxylic acids is 4. The number of thioether (sulfide) groups is 1. The third-order valence-corrected chi connectivity index (χ3v) is 14.9. The average Bonchev–Trinajstić information content (AvgIpc) is 3.80. The van der Waals surface area contributed by atoms with Gasteiger partial charge in [-0.25, -0.2) is 23.3 Å². The molecule has 0 bridgehead atoms. The van der Waals surface area contributed by atoms with Crippen LogP contribution in [-0.4, -0.2) is 127 Å². The quantitative estimate of drug-likeness (QED) is 0.0190. The lowest BCUT2D eigenvalue weighted by molar-refractivity contribution is -0.122. The Bertz CT molecular complexity index is 2000. The lowest BCUT2D eigenvalue weighted by atomic mass is 10.0. The molecule has 5 amide bonds. The van der Waals surface area contributed by atoms with Gasteiger partial charge in [-0.15, -0.1) is 0 Å². The number of hydrogen-bond donors (Lipinski definition) is 11. The maximum Gasteiger partial charge on any atom is 0.490 e. The largest absolute Gasteiger partial charge is 0.490 e. The van der Waals surface area contributed by atoms with Gasteiger partial charge in [0.2, 0.25) is 17.7 Å². The van der Waals surface area contributed by atoms with Gasteiger partial charge in [0, 0.05) is 56.0 Å². The van der Waals surface area contributed by atoms with Crippen LogP contribution >= 0.6 is 35.2 Å². The Hall–Kier alpha value is -3.26. The fourth-order valence-corrected chi connectivity index (χ4v) is 11.0. The Kier molecular flexibility index (Phi) is 18.3. The van der Waals surface area contributed by atoms with E-state index < -0.39 is 77.2 Å². The molecule has 30 heteroatoms. The zero-order valence-corrected chi connectivity index (χ0v) is 35.4. The third kappa shape index (κ3) is 15.3. The van der Waals surface area contributed by atoms with Gasteiger partial charge in [0.15, 0.2) is 0 Å². The van der Waals surface area contributed by atoms with E-state index in [1.165, 1.54) is 0 Å². The van der Waals surface area contributed by atoms with Crippen molar-refractivity contribution in [3.63, 3.8) is 0 Å². The van der Waals surface area contributed by atoms with Crippen LogP contribution < -0.4 is 37.8 Å². The van der Waals surface area contributed by atoms with Gasteiger partial charge in [-0.2, -0.15) is 20.4 Å². The second kappa shape index (κ2) is 22.2. The van der Waals surface area contributed by atoms with Crippen LogP contribution in [0.25, 0.3) is 6.20 Å². The van der Waals surface area contributed by atoms with Crippen molar-refractivity contribution in [1.29, 1.82) is 0 Å². The lowest BCUT2D eigenvalue weighted by Crippen LogP contribution is -2.37. The third-order valence-electron chi connectivity index (χ3n) is 9.13. The molecule has 10 unspecified atom stereocenters. The van der Waals surface area contributed by atoms with Gasteiger partial charge in [-0.05, 0) is 25.7 Å². The van der Waals surface area contributed by atoms with Crippen LogP contribution in [0.3, 0.4) is 0 Å². The first-order valence-electron chi connectivity index (χ1n) is 18.4. The molecule has 10 atom stereocenters. The zero-order chi connectivity index (χ0) is 44.3. The smallest absolute Gasteiger partial charge is 0.387 e. The van der Waals surface area contributed by atoms with E-state index in [0.29, 0.717) is 44.6 Å². The molecule has 0 aliphatic carbocycles. The molecule has 60 heavy (non-hydrogen) atoms. The van der Waals surface area contributed by atoms with E-state index >= 15 is 0 Å². The van der Waals surface area contributed by atoms with Crippen molar-refractivity contribution in [2.45, 2.75) is 93.1 Å². The normalized spacial score (nSPS) is 26.6. The summed E-state index contributed by atoms with van der Waals surface area (Å²) in [6, 6.07) is 0.202. The van der Waals surface area contributed by atoms with E-state index in [1.807, 2.05) is 16.7 Å². The molecule has 1 aromatic heterocycles. The molecule has 0 aromatic carbocycles. The first-order valence-corrected chi connectivity index (χ1v) is 23.9. The summed E-state index contributed by atoms with van der Waals surface area (Å²) >= 11 is 1.84. The van der Waals surface area contributed by atoms with Gasteiger partial charge in [0.25, 0.3) is 5.56 Å². The molecule has 26 nitrogen and oxygen atoms in total. The lowest BCUT2D eigenvalue weighted by Gasteiger charge is -2.19. The van der Waals surface area contributed by atoms with E-state index in [2.05, 4.69) is 44.3 Å². The van der Waals surface area contributed by atoms with Crippen molar-refractivity contribution < 1.29 is 80.2 Å². The maximum atomic E-state index is 12.6. The second-order valence-electron chi connectivity index (χ2n) is 13.5. The SMILES string of the molecule is COP(=O)(O)OP(=O)(O)OP(=O)(O)OCC1OC(c2cn(C=CC(=O)NCNC(=O)CCCCCNC(=O)CCCCC3SCC4NC(=O)NC43)c(=O)[nH]c2=O)C(O)C1O. The number of unbranched alkanes of at least 4 members (excludes halogenated alkanes) is 3. The van der Waals surface area contributed by atoms with Crippen LogP contribution in [-0.2, 0) is 50.5 Å². The summed E-state index contributed by atoms with van der Waals surface area (Å²) in [5.41, 5.74) is -2.57. The molecule has 3 aliphatic heterocycles. The van der Waals surface area contributed by atoms with Gasteiger partial charge in [0.05, 0.1) is 30.9 Å². The standard InChI is InChI=1S/C30H48N7O19P3S/c1-52-57(46,47)55-59(50,51)56-58(48,49)53-14-19-25(41)26(42)27(54-19)17-13-37(30(45)36-28(17)43)12-10-23(40)33-16-32-22(39)8-3-2-6-11-31-21(38)9-5-4-7-20-24-18(15-60-20)34-29(44)35-24/h10,12-13,18-20,24-27,41-42H,2-9,11,14-16H2,1H3,(H,31,38)(H,32,39)(H,33,40)(H,46,47)(H,48,49)(H,50,51)(H2,34,35,44)(H,36,43,45). The van der Waals surface area contributed by atoms with Crippen LogP contribution in [0.5, 0.6) is 0 Å². The number of hydrogen-bond acceptors (Lipinski definition) is 17. The average molecular weight is 936 g/mol. The molecular formula is C30H48N7O19P3S. The number of aromatic amines is 1. The fourth-order valence-electron chi connectivity index (χ4n) is 6.16. The topological polar surface area (TPSA) is 382 Å². The van der Waals surface area contributed by atoms with Crippen molar-refractivity contribution in [3.05, 3.63) is 38.7 Å². The first kappa shape index (κ1) is 49.4. The predicted molar refractivity (Wildman–Crippen MR) is 207 cm³/mol. The van der Waals surface area contributed by atoms with Crippen molar-refractivity contribution in [1.82, 2.24) is 36.1 Å². The Balaban J connectivity index is 1.11. The Morgan fingerprint density at radius 1 is 0.917 bits per heavy atom. The van der Waals surface area contributed by atoms with E-state index in [1.54, 1.807) is 0 Å². The molecule has 3 fully saturated rings. The number of aliphatic hydroxyl groups excluding tert-OH is 2. The number of aromatic nitrogens is 2. The molecule has 3 saturated heterocycles. The molecule has 0 radical (unpaired) electrons. The Labute approximate surface area is 345 Å². The van der Waals surface area contributed by atoms with E-state index in [-0.39, 0.29) is 43.0 Å². The van der Waals surface area contributed by atoms with Gasteiger partial charge in [-0.1, -0.05) is 12.8 Å². The highest BCUT2D eigenvalue weighted by atomic mass is 32.2. The first-order chi connectivity index (χ1) is 28.2. The number of phosphoric acid groups is 3. The minimum absolute atomic E-state index is 0.0391. The number of rotatable bonds is 24. The van der Waals surface area contributed by atoms with Crippen LogP contribution in [0.2, 0.25) is 0 Å². The summed E-state index contributed by atoms with van der Waals surface area (Å²) in [6.45, 7) is -0.907. The van der Waals surface area contributed by atoms with Crippen LogP contribution in [0, 0.1) is 0 Å². The molecule has 4 rings (SSSR count). The van der Waals surface area contributed by atoms with Gasteiger partial charge >= 0.3 is 35.2 Å². The number of fused-ring (bicyclic) bond motifs is 1. The Morgan fingerprint density at radius 3 is 2.32 bits per heavy atom. The summed E-state index contributed by atoms with van der Waals surface area (Å²) in [7, 11) is -15.9. The minimum Gasteiger partial charge on any atom is -0.387 e. The molecule has 3 aliphatic rings. The van der Waals surface area contributed by atoms with Crippen molar-refractivity contribution in [3.8, 4) is 0 Å². The molecule has 0 saturated carbocycles. The minimum atomic E-state index is -5.74. The molecule has 338 valence electrons. The van der Waals surface area contributed by atoms with Crippen molar-refractivity contribution in [2.75, 3.05) is 32.7 Å². The van der Waals surface area contributed by atoms with Crippen LogP contribution in [0.15, 0.2) is 21.9 Å². The summed E-state index contributed by atoms with van der Waals surface area (Å²) in [5, 5.41) is 34.9. The Morgan fingerprint density at radius 2 is 1.60 bits per heavy atom. The summed E-state index contributed by atoms with van der Waals surface area (Å²) in [4.78, 5) is 103. The van der Waals surface area contributed by atoms with Gasteiger partial charge in [-0.3, -0.25) is 37.8 Å². The van der Waals surface area contributed by atoms with Crippen LogP contribution in [0.1, 0.15) is 63.0 Å². The fraction of sp³-hybridized carbons (Fsp3) is 0.667. The molecule has 1 aromatic rings. The van der Waals surface area contributed by atoms with E-state index in [0.717, 1.165) is 48.1 Å². The maximum absolute atomic E-state index is 12.6. The molecular weight excluding hydrogens is 887 g/mol. The number of phosphoric ester groups is 2. The number of urea groups is 1. The number of nitrogens with one attached hydrogen (secondary N) is 6. The number of nitrogens with zero attached hydrogens (tertiary/aromatic N) is 1. The zero-order valence-electron chi connectivity index (χ0n) is 31.9. The highest BCUT2D eigenvalue weighted by Crippen LogP contribution is 2.67. The monoisotopic (exact) mass is 935 g/mol. The summed E-state index contributed by atoms with van der Waals surface area (Å²) in [5.74, 6) is -0.257. The van der Waals surface area contributed by atoms with Crippen molar-refractivity contribution >= 4 is 65.2 Å². The summed E-state index contributed by atoms with van der Waals surface area (Å²) < 4.78 is 57.4. The predicted octanol–water partition coefficient (Wildman–Crippen LogP) is -1.24. The van der Waals surface area contributed by atoms with Gasteiger partial charge < -0.3 is 56.2 Å². The number of H-pyrrole nitrogens is 1. The summed E-state index contributed by atoms with van der Waals surface area (Å²) in [6.07, 6.45) is 0.497. The molecule has 11 N–H and O–H groups in total. The van der Waals surface area contributed by atoms with E-state index in [9.17, 15) is 62.5 Å². The number of amides is 5. The second-order valence-corrected chi connectivity index (χ2v) is 19.5.